The van der Waals surface area contributed by atoms with Crippen molar-refractivity contribution in [1.29, 1.82) is 0 Å². The van der Waals surface area contributed by atoms with E-state index in [0.717, 1.165) is 16.9 Å². The Morgan fingerprint density at radius 1 is 1.50 bits per heavy atom. The number of rotatable bonds is 4. The van der Waals surface area contributed by atoms with Crippen molar-refractivity contribution < 1.29 is 9.90 Å². The molecule has 0 spiro atoms. The van der Waals surface area contributed by atoms with Crippen LogP contribution in [0.1, 0.15) is 0 Å². The molecule has 2 rings (SSSR count). The van der Waals surface area contributed by atoms with Gasteiger partial charge in [0.1, 0.15) is 0 Å². The molecule has 0 aliphatic rings. The number of pyridine rings is 1. The largest absolute Gasteiger partial charge is 0.478 e. The lowest BCUT2D eigenvalue weighted by Crippen LogP contribution is -1.88. The van der Waals surface area contributed by atoms with E-state index in [1.807, 2.05) is 28.8 Å². The highest BCUT2D eigenvalue weighted by Crippen LogP contribution is 2.16. The van der Waals surface area contributed by atoms with Crippen LogP contribution in [0.2, 0.25) is 0 Å². The minimum absolute atomic E-state index is 0.558. The summed E-state index contributed by atoms with van der Waals surface area (Å²) in [5, 5.41) is 17.2. The zero-order chi connectivity index (χ0) is 11.4. The van der Waals surface area contributed by atoms with Crippen molar-refractivity contribution in [3.8, 4) is 0 Å². The number of fused-ring (bicyclic) bond motifs is 1. The van der Waals surface area contributed by atoms with Crippen LogP contribution in [0, 0.1) is 0 Å². The second-order valence-corrected chi connectivity index (χ2v) is 3.95. The van der Waals surface area contributed by atoms with E-state index in [0.29, 0.717) is 5.75 Å². The second kappa shape index (κ2) is 4.80. The summed E-state index contributed by atoms with van der Waals surface area (Å²) in [7, 11) is 0. The van der Waals surface area contributed by atoms with Crippen molar-refractivity contribution in [2.24, 2.45) is 0 Å². The molecule has 82 valence electrons. The number of thioether (sulfide) groups is 1. The summed E-state index contributed by atoms with van der Waals surface area (Å²) >= 11 is 1.44. The normalized spacial score (nSPS) is 11.2. The van der Waals surface area contributed by atoms with Gasteiger partial charge >= 0.3 is 5.97 Å². The van der Waals surface area contributed by atoms with Crippen LogP contribution in [0.5, 0.6) is 0 Å². The van der Waals surface area contributed by atoms with Gasteiger partial charge in [0.15, 0.2) is 10.8 Å². The third-order valence-electron chi connectivity index (χ3n) is 1.85. The van der Waals surface area contributed by atoms with Crippen molar-refractivity contribution in [3.05, 3.63) is 36.5 Å². The lowest BCUT2D eigenvalue weighted by atomic mass is 10.5. The SMILES string of the molecule is O=C(O)C=CCSc1nnc2ccccn12. The molecule has 5 nitrogen and oxygen atoms in total. The van der Waals surface area contributed by atoms with Crippen LogP contribution in [0.3, 0.4) is 0 Å². The van der Waals surface area contributed by atoms with Crippen molar-refractivity contribution >= 4 is 23.4 Å². The maximum absolute atomic E-state index is 10.2. The van der Waals surface area contributed by atoms with E-state index in [9.17, 15) is 4.79 Å². The molecule has 0 aliphatic carbocycles. The number of aromatic nitrogens is 3. The fourth-order valence-electron chi connectivity index (χ4n) is 1.19. The van der Waals surface area contributed by atoms with E-state index >= 15 is 0 Å². The summed E-state index contributed by atoms with van der Waals surface area (Å²) in [4.78, 5) is 10.2. The molecule has 1 N–H and O–H groups in total. The van der Waals surface area contributed by atoms with Gasteiger partial charge in [-0.1, -0.05) is 23.9 Å². The van der Waals surface area contributed by atoms with Crippen LogP contribution in [-0.4, -0.2) is 31.4 Å². The van der Waals surface area contributed by atoms with Gasteiger partial charge in [0.05, 0.1) is 0 Å². The second-order valence-electron chi connectivity index (χ2n) is 2.96. The highest BCUT2D eigenvalue weighted by atomic mass is 32.2. The molecular formula is C10H9N3O2S. The van der Waals surface area contributed by atoms with Gasteiger partial charge in [-0.15, -0.1) is 10.2 Å². The van der Waals surface area contributed by atoms with E-state index in [1.165, 1.54) is 11.8 Å². The molecule has 0 unspecified atom stereocenters. The molecule has 16 heavy (non-hydrogen) atoms. The topological polar surface area (TPSA) is 67.5 Å². The van der Waals surface area contributed by atoms with Gasteiger partial charge in [-0.05, 0) is 12.1 Å². The van der Waals surface area contributed by atoms with Crippen LogP contribution in [0.4, 0.5) is 0 Å². The van der Waals surface area contributed by atoms with E-state index < -0.39 is 5.97 Å². The Balaban J connectivity index is 2.07. The lowest BCUT2D eigenvalue weighted by Gasteiger charge is -1.95. The molecule has 0 fully saturated rings. The van der Waals surface area contributed by atoms with Crippen molar-refractivity contribution in [1.82, 2.24) is 14.6 Å². The molecule has 2 heterocycles. The molecule has 2 aromatic heterocycles. The number of hydrogen-bond donors (Lipinski definition) is 1. The van der Waals surface area contributed by atoms with Gasteiger partial charge in [-0.2, -0.15) is 0 Å². The molecule has 0 amide bonds. The van der Waals surface area contributed by atoms with Crippen LogP contribution < -0.4 is 0 Å². The zero-order valence-corrected chi connectivity index (χ0v) is 9.09. The molecule has 0 aromatic carbocycles. The predicted molar refractivity (Wildman–Crippen MR) is 60.5 cm³/mol. The van der Waals surface area contributed by atoms with E-state index in [1.54, 1.807) is 6.08 Å². The number of carboxylic acids is 1. The molecule has 0 aliphatic heterocycles. The highest BCUT2D eigenvalue weighted by molar-refractivity contribution is 7.99. The summed E-state index contributed by atoms with van der Waals surface area (Å²) < 4.78 is 1.86. The van der Waals surface area contributed by atoms with Crippen molar-refractivity contribution in [2.75, 3.05) is 5.75 Å². The fourth-order valence-corrected chi connectivity index (χ4v) is 1.92. The number of carbonyl (C=O) groups is 1. The quantitative estimate of drug-likeness (QED) is 0.642. The molecule has 0 radical (unpaired) electrons. The molecule has 0 atom stereocenters. The number of nitrogens with zero attached hydrogens (tertiary/aromatic N) is 3. The van der Waals surface area contributed by atoms with Crippen LogP contribution in [0.15, 0.2) is 41.7 Å². The standard InChI is InChI=1S/C10H9N3O2S/c14-9(15)5-3-7-16-10-12-11-8-4-1-2-6-13(8)10/h1-6H,7H2,(H,14,15). The highest BCUT2D eigenvalue weighted by Gasteiger charge is 2.03. The van der Waals surface area contributed by atoms with Gasteiger partial charge in [-0.25, -0.2) is 4.79 Å². The first-order chi connectivity index (χ1) is 7.77. The monoisotopic (exact) mass is 235 g/mol. The first-order valence-electron chi connectivity index (χ1n) is 4.59. The summed E-state index contributed by atoms with van der Waals surface area (Å²) in [6.07, 6.45) is 4.58. The van der Waals surface area contributed by atoms with Crippen LogP contribution in [-0.2, 0) is 4.79 Å². The molecule has 2 aromatic rings. The van der Waals surface area contributed by atoms with E-state index in [4.69, 9.17) is 5.11 Å². The van der Waals surface area contributed by atoms with E-state index in [2.05, 4.69) is 10.2 Å². The first kappa shape index (κ1) is 10.7. The maximum atomic E-state index is 10.2. The van der Waals surface area contributed by atoms with Gasteiger partial charge in [0.25, 0.3) is 0 Å². The molecule has 0 saturated carbocycles. The van der Waals surface area contributed by atoms with Gasteiger partial charge in [0, 0.05) is 18.0 Å². The van der Waals surface area contributed by atoms with E-state index in [-0.39, 0.29) is 0 Å². The predicted octanol–water partition coefficient (Wildman–Crippen LogP) is 1.46. The summed E-state index contributed by atoms with van der Waals surface area (Å²) in [5.74, 6) is -0.381. The number of aliphatic carboxylic acids is 1. The summed E-state index contributed by atoms with van der Waals surface area (Å²) in [5.41, 5.74) is 0.784. The average molecular weight is 235 g/mol. The Morgan fingerprint density at radius 3 is 3.19 bits per heavy atom. The minimum Gasteiger partial charge on any atom is -0.478 e. The summed E-state index contributed by atoms with van der Waals surface area (Å²) in [6.45, 7) is 0. The number of carboxylic acid groups (broad SMARTS) is 1. The summed E-state index contributed by atoms with van der Waals surface area (Å²) in [6, 6.07) is 5.65. The fraction of sp³-hybridized carbons (Fsp3) is 0.100. The third kappa shape index (κ3) is 2.40. The molecule has 0 bridgehead atoms. The third-order valence-corrected chi connectivity index (χ3v) is 2.75. The molecule has 6 heteroatoms. The maximum Gasteiger partial charge on any atom is 0.328 e. The Hall–Kier alpha value is -1.82. The van der Waals surface area contributed by atoms with Crippen molar-refractivity contribution in [3.63, 3.8) is 0 Å². The number of hydrogen-bond acceptors (Lipinski definition) is 4. The van der Waals surface area contributed by atoms with Crippen LogP contribution >= 0.6 is 11.8 Å². The Labute approximate surface area is 95.8 Å². The Bertz CT molecular complexity index is 536. The van der Waals surface area contributed by atoms with Gasteiger partial charge in [0.2, 0.25) is 0 Å². The van der Waals surface area contributed by atoms with Crippen molar-refractivity contribution in [2.45, 2.75) is 5.16 Å². The average Bonchev–Trinajstić information content (AvgIpc) is 2.68. The Morgan fingerprint density at radius 2 is 2.38 bits per heavy atom. The molecular weight excluding hydrogens is 226 g/mol. The van der Waals surface area contributed by atoms with Crippen LogP contribution in [0.25, 0.3) is 5.65 Å². The van der Waals surface area contributed by atoms with Gasteiger partial charge in [-0.3, -0.25) is 4.40 Å². The lowest BCUT2D eigenvalue weighted by molar-refractivity contribution is -0.131. The Kier molecular flexibility index (Phi) is 3.21. The first-order valence-corrected chi connectivity index (χ1v) is 5.58. The smallest absolute Gasteiger partial charge is 0.328 e. The zero-order valence-electron chi connectivity index (χ0n) is 8.28. The van der Waals surface area contributed by atoms with Gasteiger partial charge < -0.3 is 5.11 Å². The molecule has 0 saturated heterocycles. The minimum atomic E-state index is -0.938.